The molecule has 0 spiro atoms. The molecule has 0 aliphatic rings. The van der Waals surface area contributed by atoms with E-state index in [9.17, 15) is 4.79 Å². The molecule has 1 N–H and O–H groups in total. The summed E-state index contributed by atoms with van der Waals surface area (Å²) >= 11 is 0. The second kappa shape index (κ2) is 10.8. The lowest BCUT2D eigenvalue weighted by molar-refractivity contribution is 0.214. The van der Waals surface area contributed by atoms with Crippen LogP contribution in [-0.2, 0) is 0 Å². The van der Waals surface area contributed by atoms with Crippen LogP contribution >= 0.6 is 0 Å². The van der Waals surface area contributed by atoms with Crippen LogP contribution in [0.15, 0.2) is 53.2 Å². The van der Waals surface area contributed by atoms with E-state index in [-0.39, 0.29) is 11.6 Å². The third-order valence-corrected chi connectivity index (χ3v) is 4.25. The number of oxazole rings is 1. The van der Waals surface area contributed by atoms with Gasteiger partial charge in [0.1, 0.15) is 11.6 Å². The van der Waals surface area contributed by atoms with Gasteiger partial charge in [0.25, 0.3) is 0 Å². The number of carbonyl (C=O) groups is 1. The number of methoxy groups -OCH3 is 3. The zero-order valence-corrected chi connectivity index (χ0v) is 18.9. The minimum atomic E-state index is -0.752. The molecule has 33 heavy (non-hydrogen) atoms. The lowest BCUT2D eigenvalue weighted by Gasteiger charge is -2.14. The molecule has 1 amide bonds. The average molecular weight is 452 g/mol. The molecule has 10 nitrogen and oxygen atoms in total. The summed E-state index contributed by atoms with van der Waals surface area (Å²) in [5, 5.41) is 2.57. The van der Waals surface area contributed by atoms with Gasteiger partial charge in [0.15, 0.2) is 22.7 Å². The Hall–Kier alpha value is -4.34. The summed E-state index contributed by atoms with van der Waals surface area (Å²) < 4.78 is 26.8. The zero-order valence-electron chi connectivity index (χ0n) is 18.9. The summed E-state index contributed by atoms with van der Waals surface area (Å²) in [4.78, 5) is 25.0. The molecular weight excluding hydrogens is 428 g/mol. The highest BCUT2D eigenvalue weighted by molar-refractivity contribution is 5.86. The van der Waals surface area contributed by atoms with E-state index in [0.717, 1.165) is 0 Å². The number of hydrogen-bond acceptors (Lipinski definition) is 9. The van der Waals surface area contributed by atoms with Crippen LogP contribution in [0.4, 0.5) is 10.6 Å². The van der Waals surface area contributed by atoms with Gasteiger partial charge in [0.2, 0.25) is 11.6 Å². The Morgan fingerprint density at radius 3 is 2.30 bits per heavy atom. The van der Waals surface area contributed by atoms with Crippen LogP contribution in [-0.4, -0.2) is 42.4 Å². The number of pyridine rings is 2. The molecule has 10 heteroatoms. The maximum Gasteiger partial charge on any atom is 0.418 e. The lowest BCUT2D eigenvalue weighted by atomic mass is 10.2. The van der Waals surface area contributed by atoms with Gasteiger partial charge in [-0.1, -0.05) is 13.8 Å². The molecule has 3 aromatic heterocycles. The van der Waals surface area contributed by atoms with Crippen molar-refractivity contribution in [2.24, 2.45) is 0 Å². The Morgan fingerprint density at radius 2 is 1.67 bits per heavy atom. The van der Waals surface area contributed by atoms with E-state index in [1.807, 2.05) is 13.8 Å². The number of rotatable bonds is 6. The molecule has 0 saturated heterocycles. The van der Waals surface area contributed by atoms with Crippen molar-refractivity contribution in [1.82, 2.24) is 15.0 Å². The van der Waals surface area contributed by atoms with Crippen molar-refractivity contribution < 1.29 is 28.2 Å². The molecular formula is C23H24N4O6. The monoisotopic (exact) mass is 452 g/mol. The Kier molecular flexibility index (Phi) is 7.64. The van der Waals surface area contributed by atoms with E-state index >= 15 is 0 Å². The van der Waals surface area contributed by atoms with Crippen molar-refractivity contribution in [2.75, 3.05) is 26.6 Å². The number of amides is 1. The molecule has 4 rings (SSSR count). The van der Waals surface area contributed by atoms with E-state index in [1.165, 1.54) is 39.7 Å². The fourth-order valence-corrected chi connectivity index (χ4v) is 2.88. The number of benzene rings is 1. The number of ether oxygens (including phenoxy) is 4. The summed E-state index contributed by atoms with van der Waals surface area (Å²) in [5.41, 5.74) is 1.67. The maximum atomic E-state index is 12.4. The number of carbonyl (C=O) groups excluding carboxylic acids is 1. The van der Waals surface area contributed by atoms with E-state index in [2.05, 4.69) is 20.3 Å². The van der Waals surface area contributed by atoms with Crippen molar-refractivity contribution in [3.8, 4) is 34.5 Å². The highest BCUT2D eigenvalue weighted by atomic mass is 16.6. The second-order valence-corrected chi connectivity index (χ2v) is 6.15. The Labute approximate surface area is 190 Å². The number of nitrogens with zero attached hydrogens (tertiary/aromatic N) is 3. The third-order valence-electron chi connectivity index (χ3n) is 4.25. The summed E-state index contributed by atoms with van der Waals surface area (Å²) in [5.74, 6) is 1.92. The van der Waals surface area contributed by atoms with Gasteiger partial charge >= 0.3 is 6.09 Å². The SMILES string of the molecule is CC.COc1cc(OC(=O)Nc2cc(-c3nc4ncccc4o3)ccn2)cc(OC)c1OC. The predicted molar refractivity (Wildman–Crippen MR) is 122 cm³/mol. The van der Waals surface area contributed by atoms with Gasteiger partial charge in [-0.2, -0.15) is 4.98 Å². The van der Waals surface area contributed by atoms with E-state index in [0.29, 0.717) is 39.9 Å². The van der Waals surface area contributed by atoms with Gasteiger partial charge in [-0.15, -0.1) is 0 Å². The zero-order chi connectivity index (χ0) is 23.8. The Morgan fingerprint density at radius 1 is 0.939 bits per heavy atom. The topological polar surface area (TPSA) is 118 Å². The van der Waals surface area contributed by atoms with Crippen LogP contribution < -0.4 is 24.3 Å². The number of nitrogens with one attached hydrogen (secondary N) is 1. The molecule has 4 aromatic rings. The van der Waals surface area contributed by atoms with E-state index < -0.39 is 6.09 Å². The Bertz CT molecular complexity index is 1180. The third kappa shape index (κ3) is 5.29. The highest BCUT2D eigenvalue weighted by Gasteiger charge is 2.17. The second-order valence-electron chi connectivity index (χ2n) is 6.15. The van der Waals surface area contributed by atoms with Crippen LogP contribution in [0.2, 0.25) is 0 Å². The van der Waals surface area contributed by atoms with Gasteiger partial charge in [-0.25, -0.2) is 14.8 Å². The minimum Gasteiger partial charge on any atom is -0.493 e. The molecule has 0 bridgehead atoms. The van der Waals surface area contributed by atoms with Crippen LogP contribution in [0.5, 0.6) is 23.0 Å². The van der Waals surface area contributed by atoms with Gasteiger partial charge in [0.05, 0.1) is 21.3 Å². The van der Waals surface area contributed by atoms with Crippen molar-refractivity contribution in [3.63, 3.8) is 0 Å². The van der Waals surface area contributed by atoms with E-state index in [4.69, 9.17) is 23.4 Å². The minimum absolute atomic E-state index is 0.202. The summed E-state index contributed by atoms with van der Waals surface area (Å²) in [7, 11) is 4.43. The fourth-order valence-electron chi connectivity index (χ4n) is 2.88. The van der Waals surface area contributed by atoms with Crippen LogP contribution in [0, 0.1) is 0 Å². The van der Waals surface area contributed by atoms with Crippen LogP contribution in [0.25, 0.3) is 22.7 Å². The van der Waals surface area contributed by atoms with Crippen molar-refractivity contribution in [1.29, 1.82) is 0 Å². The number of aromatic nitrogens is 3. The predicted octanol–water partition coefficient (Wildman–Crippen LogP) is 4.95. The molecule has 0 atom stereocenters. The summed E-state index contributed by atoms with van der Waals surface area (Å²) in [6.45, 7) is 4.00. The smallest absolute Gasteiger partial charge is 0.418 e. The number of hydrogen-bond donors (Lipinski definition) is 1. The highest BCUT2D eigenvalue weighted by Crippen LogP contribution is 2.40. The first kappa shape index (κ1) is 23.3. The van der Waals surface area contributed by atoms with Gasteiger partial charge in [0, 0.05) is 30.1 Å². The molecule has 0 radical (unpaired) electrons. The first-order chi connectivity index (χ1) is 16.1. The van der Waals surface area contributed by atoms with E-state index in [1.54, 1.807) is 30.5 Å². The standard InChI is InChI=1S/C21H18N4O6.C2H6/c1-27-15-10-13(11-16(28-2)18(15)29-3)30-21(26)24-17-9-12(6-8-22-17)20-25-19-14(31-20)5-4-7-23-19;1-2/h4-11H,1-3H3,(H,22,24,26);1-2H3. The van der Waals surface area contributed by atoms with Crippen LogP contribution in [0.1, 0.15) is 13.8 Å². The maximum absolute atomic E-state index is 12.4. The van der Waals surface area contributed by atoms with Crippen molar-refractivity contribution in [2.45, 2.75) is 13.8 Å². The van der Waals surface area contributed by atoms with Crippen molar-refractivity contribution in [3.05, 3.63) is 48.8 Å². The quantitative estimate of drug-likeness (QED) is 0.433. The average Bonchev–Trinajstić information content (AvgIpc) is 3.29. The molecule has 0 aliphatic carbocycles. The van der Waals surface area contributed by atoms with Gasteiger partial charge in [-0.05, 0) is 24.3 Å². The Balaban J connectivity index is 0.00000149. The largest absolute Gasteiger partial charge is 0.493 e. The molecule has 0 aliphatic heterocycles. The van der Waals surface area contributed by atoms with Crippen molar-refractivity contribution >= 4 is 23.1 Å². The van der Waals surface area contributed by atoms with Gasteiger partial charge in [-0.3, -0.25) is 5.32 Å². The van der Waals surface area contributed by atoms with Crippen LogP contribution in [0.3, 0.4) is 0 Å². The molecule has 1 aromatic carbocycles. The molecule has 0 saturated carbocycles. The normalized spacial score (nSPS) is 10.1. The summed E-state index contributed by atoms with van der Waals surface area (Å²) in [6.07, 6.45) is 2.40. The molecule has 0 unspecified atom stereocenters. The fraction of sp³-hybridized carbons (Fsp3) is 0.217. The number of anilines is 1. The number of fused-ring (bicyclic) bond motifs is 1. The molecule has 0 fully saturated rings. The molecule has 172 valence electrons. The first-order valence-corrected chi connectivity index (χ1v) is 10.1. The molecule has 3 heterocycles. The van der Waals surface area contributed by atoms with Gasteiger partial charge < -0.3 is 23.4 Å². The summed E-state index contributed by atoms with van der Waals surface area (Å²) in [6, 6.07) is 9.87. The first-order valence-electron chi connectivity index (χ1n) is 10.1. The lowest BCUT2D eigenvalue weighted by Crippen LogP contribution is -2.17.